The maximum Gasteiger partial charge on any atom is 0.164 e. The zero-order valence-corrected chi connectivity index (χ0v) is 82.2. The molecule has 0 saturated heterocycles. The first-order valence-corrected chi connectivity index (χ1v) is 50.9. The Morgan fingerprint density at radius 1 is 0.203 bits per heavy atom. The highest BCUT2D eigenvalue weighted by atomic mass is 32.1. The zero-order chi connectivity index (χ0) is 93.6. The van der Waals surface area contributed by atoms with Crippen LogP contribution < -0.4 is 4.90 Å². The third kappa shape index (κ3) is 13.2. The van der Waals surface area contributed by atoms with Gasteiger partial charge in [0.05, 0.1) is 0 Å². The molecule has 0 atom stereocenters. The van der Waals surface area contributed by atoms with Crippen molar-refractivity contribution in [2.45, 2.75) is 116 Å². The largest absolute Gasteiger partial charge is 0.456 e. The molecule has 0 radical (unpaired) electrons. The summed E-state index contributed by atoms with van der Waals surface area (Å²) in [7, 11) is 0. The zero-order valence-electron chi connectivity index (χ0n) is 78.9. The second-order valence-corrected chi connectivity index (χ2v) is 44.6. The molecule has 0 N–H and O–H groups in total. The lowest BCUT2D eigenvalue weighted by Crippen LogP contribution is -2.43. The van der Waals surface area contributed by atoms with E-state index in [1.807, 2.05) is 130 Å². The van der Waals surface area contributed by atoms with E-state index in [0.717, 1.165) is 61.0 Å². The van der Waals surface area contributed by atoms with Gasteiger partial charge in [-0.15, -0.1) is 45.3 Å². The molecule has 0 unspecified atom stereocenters. The summed E-state index contributed by atoms with van der Waals surface area (Å²) in [5, 5.41) is 12.8. The van der Waals surface area contributed by atoms with Crippen LogP contribution in [0.3, 0.4) is 0 Å². The minimum absolute atomic E-state index is 0.0722. The predicted octanol–water partition coefficient (Wildman–Crippen LogP) is 36.0. The van der Waals surface area contributed by atoms with E-state index in [4.69, 9.17) is 34.3 Å². The van der Waals surface area contributed by atoms with Crippen LogP contribution in [0.5, 0.6) is 0 Å². The molecule has 17 aromatic carbocycles. The van der Waals surface area contributed by atoms with Gasteiger partial charge in [-0.3, -0.25) is 0 Å². The smallest absolute Gasteiger partial charge is 0.164 e. The monoisotopic (exact) mass is 1850 g/mol. The summed E-state index contributed by atoms with van der Waals surface area (Å²) >= 11 is 7.59. The van der Waals surface area contributed by atoms with Crippen molar-refractivity contribution in [3.05, 3.63) is 403 Å². The molecule has 7 heterocycles. The molecule has 12 heteroatoms. The fraction of sp³-hybridized carbons (Fsp3) is 0.143. The summed E-state index contributed by atoms with van der Waals surface area (Å²) in [6.45, 7) is 28.8. The Morgan fingerprint density at radius 3 is 1.07 bits per heavy atom. The van der Waals surface area contributed by atoms with Crippen LogP contribution in [0.2, 0.25) is 0 Å². The van der Waals surface area contributed by atoms with Crippen molar-refractivity contribution in [3.63, 3.8) is 0 Å². The number of hydrogen-bond acceptors (Lipinski definition) is 12. The fourth-order valence-electron chi connectivity index (χ4n) is 22.2. The number of benzene rings is 17. The molecule has 0 saturated carbocycles. The second-order valence-electron chi connectivity index (χ2n) is 40.3. The number of aromatic nitrogens is 6. The molecule has 3 aliphatic carbocycles. The normalized spacial score (nSPS) is 14.9. The molecule has 666 valence electrons. The topological polar surface area (TPSA) is 93.7 Å². The quantitative estimate of drug-likeness (QED) is 0.141. The highest BCUT2D eigenvalue weighted by Crippen LogP contribution is 2.62. The lowest BCUT2D eigenvalue weighted by molar-refractivity contribution is 0.299. The maximum atomic E-state index is 6.26. The van der Waals surface area contributed by atoms with Crippen LogP contribution in [-0.4, -0.2) is 29.9 Å². The second kappa shape index (κ2) is 31.9. The Bertz CT molecular complexity index is 9050. The van der Waals surface area contributed by atoms with Gasteiger partial charge in [0.2, 0.25) is 0 Å². The van der Waals surface area contributed by atoms with Crippen molar-refractivity contribution in [2.24, 2.45) is 0 Å². The number of fused-ring (bicyclic) bond motifs is 27. The third-order valence-corrected chi connectivity index (χ3v) is 36.3. The average Bonchev–Trinajstić information content (AvgIpc) is 1.29. The molecule has 0 aliphatic heterocycles. The van der Waals surface area contributed by atoms with Crippen LogP contribution >= 0.6 is 45.3 Å². The lowest BCUT2D eigenvalue weighted by atomic mass is 9.55. The van der Waals surface area contributed by atoms with Gasteiger partial charge < -0.3 is 9.32 Å². The molecule has 0 spiro atoms. The Balaban J connectivity index is 0.000000110. The summed E-state index contributed by atoms with van der Waals surface area (Å²) in [4.78, 5) is 32.9. The molecular formula is C126H97N7OS4. The van der Waals surface area contributed by atoms with Crippen molar-refractivity contribution in [1.82, 2.24) is 29.9 Å². The van der Waals surface area contributed by atoms with E-state index >= 15 is 0 Å². The molecular weight excluding hydrogens is 1760 g/mol. The molecule has 0 amide bonds. The minimum Gasteiger partial charge on any atom is -0.456 e. The van der Waals surface area contributed by atoms with Gasteiger partial charge in [0.1, 0.15) is 11.2 Å². The van der Waals surface area contributed by atoms with Gasteiger partial charge in [-0.25, -0.2) is 29.9 Å². The van der Waals surface area contributed by atoms with Gasteiger partial charge in [0.15, 0.2) is 34.9 Å². The van der Waals surface area contributed by atoms with Crippen molar-refractivity contribution in [2.75, 3.05) is 4.90 Å². The van der Waals surface area contributed by atoms with Crippen molar-refractivity contribution in [3.8, 4) is 102 Å². The number of thiophene rings is 4. The van der Waals surface area contributed by atoms with Gasteiger partial charge in [0.25, 0.3) is 0 Å². The van der Waals surface area contributed by atoms with Gasteiger partial charge in [0, 0.05) is 153 Å². The van der Waals surface area contributed by atoms with E-state index in [2.05, 4.69) is 373 Å². The van der Waals surface area contributed by atoms with Crippen LogP contribution in [-0.2, 0) is 32.5 Å². The summed E-state index contributed by atoms with van der Waals surface area (Å²) < 4.78 is 17.0. The summed E-state index contributed by atoms with van der Waals surface area (Å²) in [5.41, 5.74) is 26.7. The van der Waals surface area contributed by atoms with E-state index in [-0.39, 0.29) is 32.5 Å². The number of rotatable bonds is 9. The van der Waals surface area contributed by atoms with Crippen LogP contribution in [0, 0.1) is 0 Å². The number of anilines is 3. The molecule has 0 fully saturated rings. The van der Waals surface area contributed by atoms with Crippen LogP contribution in [0.1, 0.15) is 116 Å². The predicted molar refractivity (Wildman–Crippen MR) is 587 cm³/mol. The molecule has 27 rings (SSSR count). The molecule has 0 bridgehead atoms. The summed E-state index contributed by atoms with van der Waals surface area (Å²) in [6, 6.07) is 133. The van der Waals surface area contributed by atoms with E-state index in [0.29, 0.717) is 34.9 Å². The third-order valence-electron chi connectivity index (χ3n) is 31.6. The Morgan fingerprint density at radius 2 is 0.551 bits per heavy atom. The van der Waals surface area contributed by atoms with E-state index in [1.54, 1.807) is 0 Å². The van der Waals surface area contributed by atoms with E-state index < -0.39 is 0 Å². The maximum absolute atomic E-state index is 6.26. The van der Waals surface area contributed by atoms with Crippen LogP contribution in [0.25, 0.3) is 204 Å². The Kier molecular flexibility index (Phi) is 19.7. The summed E-state index contributed by atoms with van der Waals surface area (Å²) in [5.74, 6) is 3.97. The average molecular weight is 1850 g/mol. The number of furan rings is 1. The van der Waals surface area contributed by atoms with Gasteiger partial charge >= 0.3 is 0 Å². The number of para-hydroxylation sites is 2. The molecule has 7 aromatic heterocycles. The highest BCUT2D eigenvalue weighted by Gasteiger charge is 2.50. The first kappa shape index (κ1) is 84.9. The minimum atomic E-state index is -0.172. The SMILES string of the molecule is CC1(C)c2cc(-c3nc(-c4ccccc4)nc(-c4cccc5oc6ccccc6c45)n3)ccc2-c2c(ccc3c2sc2ccccc23)C1(C)C.CC1(C)c2cc(-c3nc(-c4ccccc4)nc(-c4ccccc4)n3)ccc2-c2c(ccc3c2sc2ccccc23)C1(C)C.CC1(C)c2cc(N(c3ccccc3)c3ccc4sc5ccccc5c4c3)ccc2-c2c(ccc3sc4ccccc4c23)C1(C)C. The first-order chi connectivity index (χ1) is 66.9. The lowest BCUT2D eigenvalue weighted by Gasteiger charge is -2.49. The molecule has 24 aromatic rings. The molecule has 138 heavy (non-hydrogen) atoms. The Labute approximate surface area is 818 Å². The highest BCUT2D eigenvalue weighted by molar-refractivity contribution is 7.27. The van der Waals surface area contributed by atoms with Crippen molar-refractivity contribution < 1.29 is 4.42 Å². The summed E-state index contributed by atoms with van der Waals surface area (Å²) in [6.07, 6.45) is 0. The van der Waals surface area contributed by atoms with Crippen molar-refractivity contribution in [1.29, 1.82) is 0 Å². The van der Waals surface area contributed by atoms with Crippen LogP contribution in [0.4, 0.5) is 17.1 Å². The van der Waals surface area contributed by atoms with E-state index in [1.165, 1.54) is 159 Å². The van der Waals surface area contributed by atoms with Gasteiger partial charge in [-0.1, -0.05) is 356 Å². The van der Waals surface area contributed by atoms with Crippen molar-refractivity contribution >= 4 is 165 Å². The van der Waals surface area contributed by atoms with Gasteiger partial charge in [-0.2, -0.15) is 0 Å². The van der Waals surface area contributed by atoms with Crippen LogP contribution in [0.15, 0.2) is 374 Å². The molecule has 8 nitrogen and oxygen atoms in total. The number of nitrogens with zero attached hydrogens (tertiary/aromatic N) is 7. The van der Waals surface area contributed by atoms with Gasteiger partial charge in [-0.05, 0) is 185 Å². The standard InChI is InChI=1S/C45H33N3OS.C42H33NS2.C39H31N3S/c1-44(2)33-24-23-29-28-15-9-11-20-37(28)50-40(29)39(33)30-22-21-27(25-34(30)45(44,3)4)42-46-41(26-13-6-5-7-14-26)47-43(48-42)32-17-12-19-36-38(32)31-16-8-10-18-35(31)49-36;1-41(2)33-21-23-38-40(31-15-9-11-17-36(31)45-38)39(33)30-20-18-28(25-34(30)42(41,3)4)43(26-12-6-5-7-13-26)27-19-22-37-32(24-27)29-14-8-10-16-35(29)44-37;1-38(2)30-22-21-28-27-17-11-12-18-32(27)43-34(28)33(30)29-20-19-26(23-31(29)39(38,3)4)37-41-35(24-13-7-5-8-14-24)40-36(42-37)25-15-9-6-10-16-25/h5-25H,1-4H3;5-25H,1-4H3;5-23H,1-4H3. The fourth-order valence-corrected chi connectivity index (χ4v) is 26.9. The number of hydrogen-bond donors (Lipinski definition) is 0. The molecule has 3 aliphatic rings. The van der Waals surface area contributed by atoms with E-state index in [9.17, 15) is 0 Å². The Hall–Kier alpha value is -14.8. The first-order valence-electron chi connectivity index (χ1n) is 47.6.